The van der Waals surface area contributed by atoms with Crippen molar-refractivity contribution in [3.05, 3.63) is 29.3 Å². The van der Waals surface area contributed by atoms with E-state index in [-0.39, 0.29) is 6.42 Å². The van der Waals surface area contributed by atoms with Crippen LogP contribution in [0.3, 0.4) is 0 Å². The topological polar surface area (TPSA) is 95.6 Å². The van der Waals surface area contributed by atoms with Crippen LogP contribution in [-0.2, 0) is 17.8 Å². The van der Waals surface area contributed by atoms with Gasteiger partial charge in [-0.15, -0.1) is 0 Å². The van der Waals surface area contributed by atoms with E-state index in [2.05, 4.69) is 5.23 Å². The summed E-state index contributed by atoms with van der Waals surface area (Å²) < 4.78 is 0. The van der Waals surface area contributed by atoms with E-state index in [0.29, 0.717) is 6.54 Å². The van der Waals surface area contributed by atoms with Crippen LogP contribution in [0.4, 0.5) is 0 Å². The van der Waals surface area contributed by atoms with Crippen molar-refractivity contribution < 1.29 is 14.9 Å². The normalized spacial score (nSPS) is 16.0. The number of aliphatic carboxylic acids is 1. The van der Waals surface area contributed by atoms with Crippen molar-refractivity contribution in [1.82, 2.24) is 5.23 Å². The quantitative estimate of drug-likeness (QED) is 0.461. The molecule has 1 aromatic rings. The Morgan fingerprint density at radius 2 is 2.38 bits per heavy atom. The third kappa shape index (κ3) is 1.95. The molecule has 5 N–H and O–H groups in total. The van der Waals surface area contributed by atoms with Crippen molar-refractivity contribution in [1.29, 1.82) is 0 Å². The zero-order valence-corrected chi connectivity index (χ0v) is 8.68. The zero-order valence-electron chi connectivity index (χ0n) is 8.68. The van der Waals surface area contributed by atoms with Crippen LogP contribution in [0.1, 0.15) is 11.1 Å². The summed E-state index contributed by atoms with van der Waals surface area (Å²) in [6.07, 6.45) is 0.285. The Labute approximate surface area is 93.4 Å². The smallest absolute Gasteiger partial charge is 0.413 e. The number of carbonyl (C=O) groups is 1. The van der Waals surface area contributed by atoms with Crippen LogP contribution in [0.2, 0.25) is 0 Å². The molecule has 6 heteroatoms. The van der Waals surface area contributed by atoms with E-state index in [4.69, 9.17) is 10.8 Å². The summed E-state index contributed by atoms with van der Waals surface area (Å²) in [4.78, 5) is 10.7. The van der Waals surface area contributed by atoms with Crippen LogP contribution in [0.5, 0.6) is 0 Å². The lowest BCUT2D eigenvalue weighted by atomic mass is 9.75. The highest BCUT2D eigenvalue weighted by molar-refractivity contribution is 6.65. The molecule has 1 unspecified atom stereocenters. The van der Waals surface area contributed by atoms with E-state index in [1.807, 2.05) is 12.1 Å². The van der Waals surface area contributed by atoms with Crippen LogP contribution in [0, 0.1) is 0 Å². The third-order valence-corrected chi connectivity index (χ3v) is 2.83. The van der Waals surface area contributed by atoms with Gasteiger partial charge in [0, 0.05) is 6.54 Å². The molecule has 0 spiro atoms. The summed E-state index contributed by atoms with van der Waals surface area (Å²) in [7, 11) is -0.656. The maximum Gasteiger partial charge on any atom is 0.413 e. The van der Waals surface area contributed by atoms with Gasteiger partial charge in [-0.05, 0) is 23.0 Å². The minimum Gasteiger partial charge on any atom is -0.480 e. The number of fused-ring (bicyclic) bond motifs is 1. The molecule has 0 saturated heterocycles. The zero-order chi connectivity index (χ0) is 11.7. The molecule has 0 bridgehead atoms. The average molecular weight is 220 g/mol. The molecule has 0 radical (unpaired) electrons. The first-order valence-electron chi connectivity index (χ1n) is 5.10. The molecule has 1 aliphatic rings. The minimum atomic E-state index is -1.01. The van der Waals surface area contributed by atoms with Gasteiger partial charge >= 0.3 is 13.0 Å². The van der Waals surface area contributed by atoms with Crippen LogP contribution in [0.25, 0.3) is 0 Å². The molecule has 0 fully saturated rings. The van der Waals surface area contributed by atoms with E-state index in [0.717, 1.165) is 16.6 Å². The molecule has 1 atom stereocenters. The van der Waals surface area contributed by atoms with Crippen LogP contribution in [0.15, 0.2) is 18.2 Å². The average Bonchev–Trinajstić information content (AvgIpc) is 2.62. The highest BCUT2D eigenvalue weighted by Crippen LogP contribution is 2.13. The molecular weight excluding hydrogens is 207 g/mol. The highest BCUT2D eigenvalue weighted by atomic mass is 16.4. The fourth-order valence-electron chi connectivity index (χ4n) is 1.95. The first kappa shape index (κ1) is 11.1. The number of carboxylic acid groups (broad SMARTS) is 1. The number of rotatable bonds is 3. The Hall–Kier alpha value is -1.37. The van der Waals surface area contributed by atoms with Crippen LogP contribution >= 0.6 is 0 Å². The van der Waals surface area contributed by atoms with Gasteiger partial charge in [-0.3, -0.25) is 4.79 Å². The second-order valence-corrected chi connectivity index (χ2v) is 3.92. The molecule has 1 aromatic carbocycles. The molecule has 0 amide bonds. The van der Waals surface area contributed by atoms with Gasteiger partial charge in [-0.1, -0.05) is 18.2 Å². The van der Waals surface area contributed by atoms with E-state index in [1.165, 1.54) is 0 Å². The van der Waals surface area contributed by atoms with Gasteiger partial charge in [0.2, 0.25) is 0 Å². The van der Waals surface area contributed by atoms with Crippen molar-refractivity contribution in [2.24, 2.45) is 5.73 Å². The lowest BCUT2D eigenvalue weighted by molar-refractivity contribution is -0.138. The Morgan fingerprint density at radius 3 is 3.06 bits per heavy atom. The fraction of sp³-hybridized carbons (Fsp3) is 0.300. The number of carboxylic acids is 1. The minimum absolute atomic E-state index is 0.285. The van der Waals surface area contributed by atoms with Crippen molar-refractivity contribution in [3.8, 4) is 0 Å². The summed E-state index contributed by atoms with van der Waals surface area (Å²) in [5.74, 6) is -1.01. The van der Waals surface area contributed by atoms with Gasteiger partial charge in [0.1, 0.15) is 6.04 Å². The summed E-state index contributed by atoms with van der Waals surface area (Å²) in [6.45, 7) is 0.555. The number of nitrogens with one attached hydrogen (secondary N) is 1. The number of hydrogen-bond acceptors (Lipinski definition) is 4. The van der Waals surface area contributed by atoms with Crippen molar-refractivity contribution in [2.45, 2.75) is 19.0 Å². The standard InChI is InChI=1S/C10H13BN2O3/c12-9(10(14)15)4-6-2-1-3-8-7(6)5-13-11(8)16/h1-3,9,13,16H,4-5,12H2,(H,14,15). The van der Waals surface area contributed by atoms with E-state index in [9.17, 15) is 9.82 Å². The first-order chi connectivity index (χ1) is 7.59. The maximum absolute atomic E-state index is 10.7. The van der Waals surface area contributed by atoms with E-state index in [1.54, 1.807) is 6.07 Å². The molecule has 84 valence electrons. The van der Waals surface area contributed by atoms with E-state index < -0.39 is 19.1 Å². The van der Waals surface area contributed by atoms with Crippen molar-refractivity contribution in [3.63, 3.8) is 0 Å². The summed E-state index contributed by atoms with van der Waals surface area (Å²) in [5, 5.41) is 21.2. The maximum atomic E-state index is 10.7. The Bertz CT molecular complexity index is 425. The lowest BCUT2D eigenvalue weighted by Crippen LogP contribution is -2.37. The summed E-state index contributed by atoms with van der Waals surface area (Å²) in [5.41, 5.74) is 8.16. The predicted molar refractivity (Wildman–Crippen MR) is 60.2 cm³/mol. The SMILES string of the molecule is NC(Cc1cccc2c1CNB2O)C(=O)O. The van der Waals surface area contributed by atoms with Gasteiger partial charge in [0.15, 0.2) is 0 Å². The Kier molecular flexibility index (Phi) is 2.96. The Morgan fingerprint density at radius 1 is 1.62 bits per heavy atom. The molecule has 0 saturated carbocycles. The van der Waals surface area contributed by atoms with Crippen molar-refractivity contribution in [2.75, 3.05) is 0 Å². The number of hydrogen-bond donors (Lipinski definition) is 4. The largest absolute Gasteiger partial charge is 0.480 e. The molecular formula is C10H13BN2O3. The van der Waals surface area contributed by atoms with Gasteiger partial charge < -0.3 is 21.1 Å². The molecule has 1 aliphatic heterocycles. The van der Waals surface area contributed by atoms with Crippen LogP contribution < -0.4 is 16.4 Å². The molecule has 1 heterocycles. The van der Waals surface area contributed by atoms with Gasteiger partial charge in [0.05, 0.1) is 0 Å². The molecule has 16 heavy (non-hydrogen) atoms. The molecule has 5 nitrogen and oxygen atoms in total. The summed E-state index contributed by atoms with van der Waals surface area (Å²) >= 11 is 0. The monoisotopic (exact) mass is 220 g/mol. The van der Waals surface area contributed by atoms with Crippen molar-refractivity contribution >= 4 is 18.5 Å². The van der Waals surface area contributed by atoms with Gasteiger partial charge in [-0.25, -0.2) is 0 Å². The fourth-order valence-corrected chi connectivity index (χ4v) is 1.95. The predicted octanol–water partition coefficient (Wildman–Crippen LogP) is -1.57. The van der Waals surface area contributed by atoms with Crippen LogP contribution in [-0.4, -0.2) is 29.2 Å². The van der Waals surface area contributed by atoms with Gasteiger partial charge in [-0.2, -0.15) is 0 Å². The first-order valence-corrected chi connectivity index (χ1v) is 5.10. The van der Waals surface area contributed by atoms with E-state index >= 15 is 0 Å². The second-order valence-electron chi connectivity index (χ2n) is 3.92. The number of benzene rings is 1. The Balaban J connectivity index is 2.26. The molecule has 0 aliphatic carbocycles. The second kappa shape index (κ2) is 4.25. The molecule has 2 rings (SSSR count). The third-order valence-electron chi connectivity index (χ3n) is 2.83. The summed E-state index contributed by atoms with van der Waals surface area (Å²) in [6, 6.07) is 4.58. The molecule has 0 aromatic heterocycles. The highest BCUT2D eigenvalue weighted by Gasteiger charge is 2.27. The van der Waals surface area contributed by atoms with Gasteiger partial charge in [0.25, 0.3) is 0 Å². The lowest BCUT2D eigenvalue weighted by Gasteiger charge is -2.10. The number of nitrogens with two attached hydrogens (primary N) is 1.